The SMILES string of the molecule is CC(=O)Nc1cc2n(n1)CCCc1cnc(-c3ccccc3)nc1-2. The number of carbonyl (C=O) groups is 1. The number of fused-ring (bicyclic) bond motifs is 3. The third-order valence-electron chi connectivity index (χ3n) is 4.04. The first-order valence-electron chi connectivity index (χ1n) is 7.98. The van der Waals surface area contributed by atoms with Crippen molar-refractivity contribution in [1.29, 1.82) is 0 Å². The van der Waals surface area contributed by atoms with Crippen LogP contribution in [-0.4, -0.2) is 25.7 Å². The van der Waals surface area contributed by atoms with Crippen molar-refractivity contribution in [2.45, 2.75) is 26.3 Å². The number of benzene rings is 1. The molecule has 6 nitrogen and oxygen atoms in total. The van der Waals surface area contributed by atoms with Crippen LogP contribution in [0.1, 0.15) is 18.9 Å². The lowest BCUT2D eigenvalue weighted by Crippen LogP contribution is -2.07. The monoisotopic (exact) mass is 319 g/mol. The van der Waals surface area contributed by atoms with Crippen LogP contribution in [-0.2, 0) is 17.8 Å². The Morgan fingerprint density at radius 2 is 2.08 bits per heavy atom. The van der Waals surface area contributed by atoms with E-state index in [1.165, 1.54) is 6.92 Å². The van der Waals surface area contributed by atoms with Crippen LogP contribution < -0.4 is 5.32 Å². The quantitative estimate of drug-likeness (QED) is 0.788. The molecule has 3 aromatic rings. The highest BCUT2D eigenvalue weighted by molar-refractivity contribution is 5.88. The standard InChI is InChI=1S/C18H17N5O/c1-12(24)20-16-10-15-17-14(8-5-9-23(15)22-16)11-19-18(21-17)13-6-3-2-4-7-13/h2-4,6-7,10-11H,5,8-9H2,1H3,(H,20,22,24). The van der Waals surface area contributed by atoms with Crippen LogP contribution in [0.2, 0.25) is 0 Å². The molecule has 1 aromatic carbocycles. The van der Waals surface area contributed by atoms with Crippen LogP contribution in [0.4, 0.5) is 5.82 Å². The van der Waals surface area contributed by atoms with Crippen molar-refractivity contribution in [3.8, 4) is 22.8 Å². The van der Waals surface area contributed by atoms with Crippen LogP contribution in [0.5, 0.6) is 0 Å². The first-order valence-corrected chi connectivity index (χ1v) is 7.98. The highest BCUT2D eigenvalue weighted by atomic mass is 16.1. The predicted molar refractivity (Wildman–Crippen MR) is 91.3 cm³/mol. The molecule has 120 valence electrons. The Morgan fingerprint density at radius 3 is 2.88 bits per heavy atom. The fourth-order valence-corrected chi connectivity index (χ4v) is 2.98. The number of hydrogen-bond acceptors (Lipinski definition) is 4. The number of amides is 1. The molecule has 6 heteroatoms. The van der Waals surface area contributed by atoms with Gasteiger partial charge in [0, 0.05) is 31.3 Å². The van der Waals surface area contributed by atoms with E-state index in [2.05, 4.69) is 15.4 Å². The molecule has 0 bridgehead atoms. The van der Waals surface area contributed by atoms with Crippen molar-refractivity contribution >= 4 is 11.7 Å². The van der Waals surface area contributed by atoms with E-state index >= 15 is 0 Å². The molecule has 24 heavy (non-hydrogen) atoms. The highest BCUT2D eigenvalue weighted by Crippen LogP contribution is 2.30. The molecular weight excluding hydrogens is 302 g/mol. The number of rotatable bonds is 2. The zero-order chi connectivity index (χ0) is 16.5. The maximum absolute atomic E-state index is 11.3. The number of carbonyl (C=O) groups excluding carboxylic acids is 1. The zero-order valence-corrected chi connectivity index (χ0v) is 13.4. The molecular formula is C18H17N5O. The van der Waals surface area contributed by atoms with E-state index in [1.807, 2.05) is 47.3 Å². The van der Waals surface area contributed by atoms with Gasteiger partial charge in [-0.3, -0.25) is 9.48 Å². The molecule has 0 radical (unpaired) electrons. The summed E-state index contributed by atoms with van der Waals surface area (Å²) in [7, 11) is 0. The lowest BCUT2D eigenvalue weighted by Gasteiger charge is -2.07. The molecule has 2 aromatic heterocycles. The van der Waals surface area contributed by atoms with Crippen molar-refractivity contribution in [2.24, 2.45) is 0 Å². The third kappa shape index (κ3) is 2.67. The van der Waals surface area contributed by atoms with Gasteiger partial charge in [-0.05, 0) is 18.4 Å². The van der Waals surface area contributed by atoms with Crippen LogP contribution in [0, 0.1) is 0 Å². The van der Waals surface area contributed by atoms with Gasteiger partial charge in [0.25, 0.3) is 0 Å². The predicted octanol–water partition coefficient (Wildman–Crippen LogP) is 2.91. The second-order valence-electron chi connectivity index (χ2n) is 5.86. The van der Waals surface area contributed by atoms with E-state index < -0.39 is 0 Å². The molecule has 3 heterocycles. The van der Waals surface area contributed by atoms with Crippen LogP contribution >= 0.6 is 0 Å². The summed E-state index contributed by atoms with van der Waals surface area (Å²) in [5.74, 6) is 1.13. The molecule has 0 saturated heterocycles. The maximum atomic E-state index is 11.3. The molecule has 0 unspecified atom stereocenters. The van der Waals surface area contributed by atoms with Gasteiger partial charge in [-0.1, -0.05) is 30.3 Å². The third-order valence-corrected chi connectivity index (χ3v) is 4.04. The Labute approximate surface area is 139 Å². The Hall–Kier alpha value is -3.02. The van der Waals surface area contributed by atoms with Crippen LogP contribution in [0.15, 0.2) is 42.6 Å². The minimum absolute atomic E-state index is 0.129. The first-order chi connectivity index (χ1) is 11.7. The fourth-order valence-electron chi connectivity index (χ4n) is 2.98. The van der Waals surface area contributed by atoms with E-state index in [9.17, 15) is 4.79 Å². The molecule has 1 amide bonds. The van der Waals surface area contributed by atoms with Gasteiger partial charge >= 0.3 is 0 Å². The topological polar surface area (TPSA) is 72.7 Å². The lowest BCUT2D eigenvalue weighted by molar-refractivity contribution is -0.114. The molecule has 4 rings (SSSR count). The minimum Gasteiger partial charge on any atom is -0.309 e. The van der Waals surface area contributed by atoms with E-state index in [1.54, 1.807) is 0 Å². The Bertz CT molecular complexity index is 901. The first kappa shape index (κ1) is 14.6. The number of nitrogens with one attached hydrogen (secondary N) is 1. The molecule has 1 aliphatic rings. The second kappa shape index (κ2) is 5.88. The van der Waals surface area contributed by atoms with Gasteiger partial charge < -0.3 is 5.32 Å². The van der Waals surface area contributed by atoms with Crippen molar-refractivity contribution in [3.05, 3.63) is 48.2 Å². The molecule has 0 fully saturated rings. The van der Waals surface area contributed by atoms with E-state index in [4.69, 9.17) is 4.98 Å². The van der Waals surface area contributed by atoms with E-state index in [0.29, 0.717) is 11.6 Å². The summed E-state index contributed by atoms with van der Waals surface area (Å²) in [6, 6.07) is 11.8. The summed E-state index contributed by atoms with van der Waals surface area (Å²) in [5, 5.41) is 7.22. The molecule has 0 spiro atoms. The highest BCUT2D eigenvalue weighted by Gasteiger charge is 2.20. The minimum atomic E-state index is -0.129. The molecule has 0 aliphatic carbocycles. The largest absolute Gasteiger partial charge is 0.309 e. The summed E-state index contributed by atoms with van der Waals surface area (Å²) in [4.78, 5) is 20.6. The summed E-state index contributed by atoms with van der Waals surface area (Å²) in [6.07, 6.45) is 3.80. The van der Waals surface area contributed by atoms with Gasteiger partial charge in [0.05, 0.1) is 11.4 Å². The Balaban J connectivity index is 1.82. The average Bonchev–Trinajstić information content (AvgIpc) is 2.89. The van der Waals surface area contributed by atoms with E-state index in [0.717, 1.165) is 41.9 Å². The number of nitrogens with zero attached hydrogens (tertiary/aromatic N) is 4. The van der Waals surface area contributed by atoms with E-state index in [-0.39, 0.29) is 5.91 Å². The maximum Gasteiger partial charge on any atom is 0.222 e. The molecule has 1 N–H and O–H groups in total. The average molecular weight is 319 g/mol. The smallest absolute Gasteiger partial charge is 0.222 e. The fraction of sp³-hybridized carbons (Fsp3) is 0.222. The number of aryl methyl sites for hydroxylation is 2. The van der Waals surface area contributed by atoms with Crippen molar-refractivity contribution in [1.82, 2.24) is 19.7 Å². The Kier molecular flexibility index (Phi) is 3.57. The van der Waals surface area contributed by atoms with Crippen molar-refractivity contribution in [3.63, 3.8) is 0 Å². The Morgan fingerprint density at radius 1 is 1.25 bits per heavy atom. The van der Waals surface area contributed by atoms with Gasteiger partial charge in [-0.15, -0.1) is 0 Å². The molecule has 0 saturated carbocycles. The molecule has 0 atom stereocenters. The summed E-state index contributed by atoms with van der Waals surface area (Å²) >= 11 is 0. The zero-order valence-electron chi connectivity index (χ0n) is 13.4. The van der Waals surface area contributed by atoms with Crippen LogP contribution in [0.25, 0.3) is 22.8 Å². The van der Waals surface area contributed by atoms with Crippen LogP contribution in [0.3, 0.4) is 0 Å². The second-order valence-corrected chi connectivity index (χ2v) is 5.86. The van der Waals surface area contributed by atoms with Gasteiger partial charge in [-0.2, -0.15) is 5.10 Å². The summed E-state index contributed by atoms with van der Waals surface area (Å²) < 4.78 is 1.92. The van der Waals surface area contributed by atoms with Crippen molar-refractivity contribution < 1.29 is 4.79 Å². The van der Waals surface area contributed by atoms with Gasteiger partial charge in [0.2, 0.25) is 5.91 Å². The lowest BCUT2D eigenvalue weighted by atomic mass is 10.1. The normalized spacial score (nSPS) is 12.9. The molecule has 1 aliphatic heterocycles. The summed E-state index contributed by atoms with van der Waals surface area (Å²) in [6.45, 7) is 2.28. The van der Waals surface area contributed by atoms with Gasteiger partial charge in [0.1, 0.15) is 0 Å². The van der Waals surface area contributed by atoms with Gasteiger partial charge in [-0.25, -0.2) is 9.97 Å². The number of hydrogen-bond donors (Lipinski definition) is 1. The summed E-state index contributed by atoms with van der Waals surface area (Å²) in [5.41, 5.74) is 3.91. The number of anilines is 1. The number of aromatic nitrogens is 4. The van der Waals surface area contributed by atoms with Crippen molar-refractivity contribution in [2.75, 3.05) is 5.32 Å². The van der Waals surface area contributed by atoms with Gasteiger partial charge in [0.15, 0.2) is 11.6 Å².